The summed E-state index contributed by atoms with van der Waals surface area (Å²) in [6.45, 7) is 0.920. The zero-order valence-corrected chi connectivity index (χ0v) is 12.6. The molecule has 102 valence electrons. The maximum atomic E-state index is 3.55. The Morgan fingerprint density at radius 1 is 0.950 bits per heavy atom. The zero-order valence-electron chi connectivity index (χ0n) is 11.8. The Kier molecular flexibility index (Phi) is 3.81. The summed E-state index contributed by atoms with van der Waals surface area (Å²) in [7, 11) is 4.20. The van der Waals surface area contributed by atoms with Gasteiger partial charge in [-0.05, 0) is 32.3 Å². The number of para-hydroxylation sites is 1. The second kappa shape index (κ2) is 5.73. The molecule has 0 spiro atoms. The number of hydrogen-bond donors (Lipinski definition) is 1. The third-order valence-corrected chi connectivity index (χ3v) is 4.35. The first-order valence-electron chi connectivity index (χ1n) is 6.71. The molecule has 3 aromatic rings. The third-order valence-electron chi connectivity index (χ3n) is 3.17. The van der Waals surface area contributed by atoms with Crippen molar-refractivity contribution < 1.29 is 0 Å². The molecule has 0 aliphatic rings. The van der Waals surface area contributed by atoms with Crippen molar-refractivity contribution in [1.29, 1.82) is 0 Å². The molecule has 20 heavy (non-hydrogen) atoms. The standard InChI is InChI=1S/C17H18N2S/c1-19(2)12-16-17(20-13-8-4-3-5-9-13)14-10-6-7-11-15(14)18-16/h3-11,18H,12H2,1-2H3. The van der Waals surface area contributed by atoms with Gasteiger partial charge in [0.05, 0.1) is 0 Å². The molecule has 0 aliphatic carbocycles. The monoisotopic (exact) mass is 282 g/mol. The van der Waals surface area contributed by atoms with E-state index in [0.29, 0.717) is 0 Å². The van der Waals surface area contributed by atoms with Crippen LogP contribution in [-0.2, 0) is 6.54 Å². The van der Waals surface area contributed by atoms with E-state index in [1.165, 1.54) is 26.4 Å². The van der Waals surface area contributed by atoms with Crippen LogP contribution in [-0.4, -0.2) is 24.0 Å². The Balaban J connectivity index is 2.06. The summed E-state index contributed by atoms with van der Waals surface area (Å²) in [5.41, 5.74) is 2.49. The van der Waals surface area contributed by atoms with E-state index in [4.69, 9.17) is 0 Å². The highest BCUT2D eigenvalue weighted by Crippen LogP contribution is 2.36. The molecule has 3 heteroatoms. The van der Waals surface area contributed by atoms with Gasteiger partial charge in [0.1, 0.15) is 0 Å². The highest BCUT2D eigenvalue weighted by Gasteiger charge is 2.13. The Morgan fingerprint density at radius 2 is 1.65 bits per heavy atom. The second-order valence-corrected chi connectivity index (χ2v) is 6.21. The largest absolute Gasteiger partial charge is 0.356 e. The Hall–Kier alpha value is -1.71. The fourth-order valence-electron chi connectivity index (χ4n) is 2.32. The van der Waals surface area contributed by atoms with Crippen molar-refractivity contribution in [3.63, 3.8) is 0 Å². The van der Waals surface area contributed by atoms with E-state index in [-0.39, 0.29) is 0 Å². The van der Waals surface area contributed by atoms with Crippen LogP contribution in [0.1, 0.15) is 5.69 Å². The first kappa shape index (κ1) is 13.3. The Morgan fingerprint density at radius 3 is 2.40 bits per heavy atom. The van der Waals surface area contributed by atoms with Gasteiger partial charge in [-0.1, -0.05) is 48.2 Å². The topological polar surface area (TPSA) is 19.0 Å². The fraction of sp³-hybridized carbons (Fsp3) is 0.176. The van der Waals surface area contributed by atoms with E-state index in [0.717, 1.165) is 6.54 Å². The van der Waals surface area contributed by atoms with E-state index in [1.54, 1.807) is 0 Å². The maximum Gasteiger partial charge on any atom is 0.0468 e. The van der Waals surface area contributed by atoms with Crippen molar-refractivity contribution in [1.82, 2.24) is 9.88 Å². The van der Waals surface area contributed by atoms with Crippen LogP contribution in [0.2, 0.25) is 0 Å². The lowest BCUT2D eigenvalue weighted by molar-refractivity contribution is 0.395. The van der Waals surface area contributed by atoms with Gasteiger partial charge in [0.2, 0.25) is 0 Å². The van der Waals surface area contributed by atoms with Crippen molar-refractivity contribution >= 4 is 22.7 Å². The van der Waals surface area contributed by atoms with Crippen molar-refractivity contribution in [3.8, 4) is 0 Å². The van der Waals surface area contributed by atoms with E-state index in [9.17, 15) is 0 Å². The Labute approximate surface area is 123 Å². The summed E-state index contributed by atoms with van der Waals surface area (Å²) < 4.78 is 0. The van der Waals surface area contributed by atoms with Gasteiger partial charge in [0, 0.05) is 32.9 Å². The molecule has 0 aliphatic heterocycles. The molecule has 0 fully saturated rings. The van der Waals surface area contributed by atoms with Crippen LogP contribution in [0.25, 0.3) is 10.9 Å². The van der Waals surface area contributed by atoms with Crippen LogP contribution in [0.3, 0.4) is 0 Å². The summed E-state index contributed by atoms with van der Waals surface area (Å²) in [4.78, 5) is 8.36. The molecule has 1 N–H and O–H groups in total. The number of nitrogens with one attached hydrogen (secondary N) is 1. The highest BCUT2D eigenvalue weighted by atomic mass is 32.2. The van der Waals surface area contributed by atoms with Gasteiger partial charge in [-0.3, -0.25) is 0 Å². The van der Waals surface area contributed by atoms with Gasteiger partial charge >= 0.3 is 0 Å². The minimum Gasteiger partial charge on any atom is -0.356 e. The summed E-state index contributed by atoms with van der Waals surface area (Å²) in [5.74, 6) is 0. The number of aromatic nitrogens is 1. The summed E-state index contributed by atoms with van der Waals surface area (Å²) >= 11 is 1.83. The number of rotatable bonds is 4. The molecule has 0 atom stereocenters. The molecule has 0 unspecified atom stereocenters. The number of hydrogen-bond acceptors (Lipinski definition) is 2. The molecule has 2 nitrogen and oxygen atoms in total. The smallest absolute Gasteiger partial charge is 0.0468 e. The number of benzene rings is 2. The van der Waals surface area contributed by atoms with Crippen molar-refractivity contribution in [2.24, 2.45) is 0 Å². The molecule has 0 radical (unpaired) electrons. The fourth-order valence-corrected chi connectivity index (χ4v) is 3.38. The number of fused-ring (bicyclic) bond motifs is 1. The molecule has 0 saturated heterocycles. The quantitative estimate of drug-likeness (QED) is 0.765. The lowest BCUT2D eigenvalue weighted by Gasteiger charge is -2.10. The molecule has 1 aromatic heterocycles. The van der Waals surface area contributed by atoms with Crippen LogP contribution in [0.4, 0.5) is 0 Å². The van der Waals surface area contributed by atoms with Crippen LogP contribution in [0.15, 0.2) is 64.4 Å². The van der Waals surface area contributed by atoms with Gasteiger partial charge in [-0.2, -0.15) is 0 Å². The summed E-state index contributed by atoms with van der Waals surface area (Å²) in [5, 5.41) is 1.30. The average molecular weight is 282 g/mol. The van der Waals surface area contributed by atoms with Gasteiger partial charge in [0.25, 0.3) is 0 Å². The number of H-pyrrole nitrogens is 1. The molecule has 3 rings (SSSR count). The molecule has 0 saturated carbocycles. The number of aromatic amines is 1. The SMILES string of the molecule is CN(C)Cc1[nH]c2ccccc2c1Sc1ccccc1. The predicted molar refractivity (Wildman–Crippen MR) is 86.3 cm³/mol. The van der Waals surface area contributed by atoms with E-state index < -0.39 is 0 Å². The van der Waals surface area contributed by atoms with Gasteiger partial charge in [-0.15, -0.1) is 0 Å². The minimum absolute atomic E-state index is 0.920. The normalized spacial score (nSPS) is 11.3. The van der Waals surface area contributed by atoms with E-state index >= 15 is 0 Å². The van der Waals surface area contributed by atoms with E-state index in [2.05, 4.69) is 78.6 Å². The van der Waals surface area contributed by atoms with Crippen molar-refractivity contribution in [3.05, 3.63) is 60.3 Å². The lowest BCUT2D eigenvalue weighted by Crippen LogP contribution is -2.11. The first-order chi connectivity index (χ1) is 9.74. The van der Waals surface area contributed by atoms with Gasteiger partial charge in [0.15, 0.2) is 0 Å². The van der Waals surface area contributed by atoms with Crippen LogP contribution in [0, 0.1) is 0 Å². The summed E-state index contributed by atoms with van der Waals surface area (Å²) in [6, 6.07) is 19.1. The Bertz CT molecular complexity index is 701. The molecule has 1 heterocycles. The van der Waals surface area contributed by atoms with Crippen LogP contribution >= 0.6 is 11.8 Å². The van der Waals surface area contributed by atoms with Crippen LogP contribution < -0.4 is 0 Å². The molecular weight excluding hydrogens is 264 g/mol. The van der Waals surface area contributed by atoms with E-state index in [1.807, 2.05) is 11.8 Å². The molecule has 0 amide bonds. The molecule has 0 bridgehead atoms. The maximum absolute atomic E-state index is 3.55. The molecular formula is C17H18N2S. The van der Waals surface area contributed by atoms with Gasteiger partial charge < -0.3 is 9.88 Å². The number of nitrogens with zero attached hydrogens (tertiary/aromatic N) is 1. The average Bonchev–Trinajstić information content (AvgIpc) is 2.77. The van der Waals surface area contributed by atoms with Crippen molar-refractivity contribution in [2.45, 2.75) is 16.3 Å². The second-order valence-electron chi connectivity index (χ2n) is 5.13. The first-order valence-corrected chi connectivity index (χ1v) is 7.53. The van der Waals surface area contributed by atoms with Crippen LogP contribution in [0.5, 0.6) is 0 Å². The summed E-state index contributed by atoms with van der Waals surface area (Å²) in [6.07, 6.45) is 0. The highest BCUT2D eigenvalue weighted by molar-refractivity contribution is 7.99. The molecule has 2 aromatic carbocycles. The third kappa shape index (κ3) is 2.74. The lowest BCUT2D eigenvalue weighted by atomic mass is 10.2. The van der Waals surface area contributed by atoms with Crippen molar-refractivity contribution in [2.75, 3.05) is 14.1 Å². The predicted octanol–water partition coefficient (Wildman–Crippen LogP) is 4.38. The zero-order chi connectivity index (χ0) is 13.9. The van der Waals surface area contributed by atoms with Gasteiger partial charge in [-0.25, -0.2) is 0 Å². The minimum atomic E-state index is 0.920.